The first-order chi connectivity index (χ1) is 10.0. The summed E-state index contributed by atoms with van der Waals surface area (Å²) in [6.45, 7) is 6.15. The Balaban J connectivity index is 2.51. The van der Waals surface area contributed by atoms with Crippen LogP contribution in [-0.2, 0) is 14.3 Å². The van der Waals surface area contributed by atoms with E-state index in [2.05, 4.69) is 15.6 Å². The molecule has 0 radical (unpaired) electrons. The highest BCUT2D eigenvalue weighted by Crippen LogP contribution is 2.23. The molecule has 7 heteroatoms. The third kappa shape index (κ3) is 4.91. The lowest BCUT2D eigenvalue weighted by molar-refractivity contribution is -0.146. The standard InChI is InChI=1S/C14H26N4O3/c1-5-6-16-12(19)7-17-14(15-3)18-8-10(2)11(9-18)13(20)21-4/h10-11H,5-9H2,1-4H3,(H,15,17)(H,16,19). The molecule has 1 aliphatic rings. The number of carbonyl (C=O) groups is 2. The van der Waals surface area contributed by atoms with Gasteiger partial charge in [-0.1, -0.05) is 13.8 Å². The molecule has 0 aliphatic carbocycles. The average molecular weight is 298 g/mol. The van der Waals surface area contributed by atoms with Crippen molar-refractivity contribution in [3.63, 3.8) is 0 Å². The van der Waals surface area contributed by atoms with Crippen LogP contribution in [0.15, 0.2) is 4.99 Å². The van der Waals surface area contributed by atoms with Crippen molar-refractivity contribution in [2.45, 2.75) is 20.3 Å². The van der Waals surface area contributed by atoms with Gasteiger partial charge in [0.1, 0.15) is 0 Å². The number of likely N-dealkylation sites (tertiary alicyclic amines) is 1. The van der Waals surface area contributed by atoms with Crippen LogP contribution in [0.1, 0.15) is 20.3 Å². The summed E-state index contributed by atoms with van der Waals surface area (Å²) in [4.78, 5) is 29.5. The topological polar surface area (TPSA) is 83.0 Å². The zero-order valence-corrected chi connectivity index (χ0v) is 13.3. The van der Waals surface area contributed by atoms with Crippen molar-refractivity contribution in [3.05, 3.63) is 0 Å². The number of hydrogen-bond acceptors (Lipinski definition) is 4. The smallest absolute Gasteiger partial charge is 0.310 e. The van der Waals surface area contributed by atoms with Crippen LogP contribution in [0.3, 0.4) is 0 Å². The fraction of sp³-hybridized carbons (Fsp3) is 0.786. The van der Waals surface area contributed by atoms with Crippen molar-refractivity contribution in [1.82, 2.24) is 15.5 Å². The quantitative estimate of drug-likeness (QED) is 0.418. The molecule has 0 bridgehead atoms. The molecule has 0 aromatic carbocycles. The first-order valence-corrected chi connectivity index (χ1v) is 7.33. The minimum absolute atomic E-state index is 0.0604. The number of hydrogen-bond donors (Lipinski definition) is 2. The molecule has 1 amide bonds. The Kier molecular flexibility index (Phi) is 6.98. The van der Waals surface area contributed by atoms with E-state index in [-0.39, 0.29) is 30.3 Å². The Bertz CT molecular complexity index is 398. The maximum Gasteiger partial charge on any atom is 0.310 e. The highest BCUT2D eigenvalue weighted by atomic mass is 16.5. The van der Waals surface area contributed by atoms with Crippen LogP contribution in [0.2, 0.25) is 0 Å². The fourth-order valence-electron chi connectivity index (χ4n) is 2.42. The molecule has 7 nitrogen and oxygen atoms in total. The van der Waals surface area contributed by atoms with Crippen LogP contribution in [0.25, 0.3) is 0 Å². The first kappa shape index (κ1) is 17.3. The van der Waals surface area contributed by atoms with Gasteiger partial charge in [0, 0.05) is 26.7 Å². The second-order valence-electron chi connectivity index (χ2n) is 5.26. The molecular formula is C14H26N4O3. The number of esters is 1. The van der Waals surface area contributed by atoms with E-state index in [0.717, 1.165) is 13.0 Å². The Labute approximate surface area is 126 Å². The predicted octanol–water partition coefficient (Wildman–Crippen LogP) is -0.171. The number of aliphatic imine (C=N–C) groups is 1. The first-order valence-electron chi connectivity index (χ1n) is 7.33. The van der Waals surface area contributed by atoms with Gasteiger partial charge in [-0.15, -0.1) is 0 Å². The predicted molar refractivity (Wildman–Crippen MR) is 80.9 cm³/mol. The molecule has 1 rings (SSSR count). The maximum absolute atomic E-state index is 11.7. The molecule has 1 fully saturated rings. The SMILES string of the molecule is CCCNC(=O)CNC(=NC)N1CC(C)C(C(=O)OC)C1. The van der Waals surface area contributed by atoms with E-state index in [1.165, 1.54) is 7.11 Å². The molecule has 120 valence electrons. The minimum Gasteiger partial charge on any atom is -0.469 e. The van der Waals surface area contributed by atoms with E-state index < -0.39 is 0 Å². The molecular weight excluding hydrogens is 272 g/mol. The summed E-state index contributed by atoms with van der Waals surface area (Å²) in [5, 5.41) is 5.83. The lowest BCUT2D eigenvalue weighted by Gasteiger charge is -2.21. The molecule has 2 N–H and O–H groups in total. The zero-order chi connectivity index (χ0) is 15.8. The average Bonchev–Trinajstić information content (AvgIpc) is 2.86. The van der Waals surface area contributed by atoms with Crippen molar-refractivity contribution in [2.75, 3.05) is 40.3 Å². The summed E-state index contributed by atoms with van der Waals surface area (Å²) in [6, 6.07) is 0. The number of guanidine groups is 1. The summed E-state index contributed by atoms with van der Waals surface area (Å²) in [7, 11) is 3.07. The van der Waals surface area contributed by atoms with Crippen molar-refractivity contribution >= 4 is 17.8 Å². The van der Waals surface area contributed by atoms with Gasteiger partial charge in [-0.3, -0.25) is 14.6 Å². The van der Waals surface area contributed by atoms with Gasteiger partial charge in [0.15, 0.2) is 5.96 Å². The second-order valence-corrected chi connectivity index (χ2v) is 5.26. The number of nitrogens with one attached hydrogen (secondary N) is 2. The lowest BCUT2D eigenvalue weighted by Crippen LogP contribution is -2.45. The molecule has 1 aliphatic heterocycles. The molecule has 1 heterocycles. The Hall–Kier alpha value is -1.79. The number of nitrogens with zero attached hydrogens (tertiary/aromatic N) is 2. The van der Waals surface area contributed by atoms with Crippen molar-refractivity contribution in [3.8, 4) is 0 Å². The van der Waals surface area contributed by atoms with Gasteiger partial charge in [-0.05, 0) is 12.3 Å². The zero-order valence-electron chi connectivity index (χ0n) is 13.3. The summed E-state index contributed by atoms with van der Waals surface area (Å²) >= 11 is 0. The lowest BCUT2D eigenvalue weighted by atomic mass is 9.99. The van der Waals surface area contributed by atoms with Crippen LogP contribution in [0.4, 0.5) is 0 Å². The van der Waals surface area contributed by atoms with Gasteiger partial charge in [-0.25, -0.2) is 0 Å². The fourth-order valence-corrected chi connectivity index (χ4v) is 2.42. The van der Waals surface area contributed by atoms with Gasteiger partial charge >= 0.3 is 5.97 Å². The van der Waals surface area contributed by atoms with Gasteiger partial charge in [0.25, 0.3) is 0 Å². The molecule has 0 spiro atoms. The van der Waals surface area contributed by atoms with Crippen LogP contribution in [0.5, 0.6) is 0 Å². The van der Waals surface area contributed by atoms with Gasteiger partial charge < -0.3 is 20.3 Å². The van der Waals surface area contributed by atoms with Crippen LogP contribution in [-0.4, -0.2) is 63.1 Å². The second kappa shape index (κ2) is 8.49. The molecule has 0 aromatic rings. The van der Waals surface area contributed by atoms with Gasteiger partial charge in [0.2, 0.25) is 5.91 Å². The molecule has 0 aromatic heterocycles. The van der Waals surface area contributed by atoms with Crippen molar-refractivity contribution in [2.24, 2.45) is 16.8 Å². The van der Waals surface area contributed by atoms with E-state index in [9.17, 15) is 9.59 Å². The number of ether oxygens (including phenoxy) is 1. The highest BCUT2D eigenvalue weighted by molar-refractivity contribution is 5.87. The van der Waals surface area contributed by atoms with Crippen molar-refractivity contribution in [1.29, 1.82) is 0 Å². The summed E-state index contributed by atoms with van der Waals surface area (Å²) in [5.74, 6) is 0.434. The Morgan fingerprint density at radius 3 is 2.62 bits per heavy atom. The van der Waals surface area contributed by atoms with E-state index in [4.69, 9.17) is 4.74 Å². The van der Waals surface area contributed by atoms with Crippen LogP contribution >= 0.6 is 0 Å². The third-order valence-electron chi connectivity index (χ3n) is 3.61. The number of carbonyl (C=O) groups excluding carboxylic acids is 2. The van der Waals surface area contributed by atoms with E-state index in [1.54, 1.807) is 7.05 Å². The normalized spacial score (nSPS) is 22.1. The molecule has 1 saturated heterocycles. The van der Waals surface area contributed by atoms with E-state index in [1.807, 2.05) is 18.7 Å². The maximum atomic E-state index is 11.7. The molecule has 0 saturated carbocycles. The minimum atomic E-state index is -0.193. The monoisotopic (exact) mass is 298 g/mol. The molecule has 21 heavy (non-hydrogen) atoms. The molecule has 2 atom stereocenters. The largest absolute Gasteiger partial charge is 0.469 e. The third-order valence-corrected chi connectivity index (χ3v) is 3.61. The Morgan fingerprint density at radius 1 is 1.33 bits per heavy atom. The number of rotatable bonds is 5. The number of methoxy groups -OCH3 is 1. The van der Waals surface area contributed by atoms with Crippen LogP contribution in [0, 0.1) is 11.8 Å². The van der Waals surface area contributed by atoms with E-state index >= 15 is 0 Å². The van der Waals surface area contributed by atoms with Gasteiger partial charge in [0.05, 0.1) is 19.6 Å². The Morgan fingerprint density at radius 2 is 2.05 bits per heavy atom. The van der Waals surface area contributed by atoms with Crippen molar-refractivity contribution < 1.29 is 14.3 Å². The summed E-state index contributed by atoms with van der Waals surface area (Å²) in [5.41, 5.74) is 0. The van der Waals surface area contributed by atoms with Gasteiger partial charge in [-0.2, -0.15) is 0 Å². The number of amides is 1. The van der Waals surface area contributed by atoms with Crippen LogP contribution < -0.4 is 10.6 Å². The van der Waals surface area contributed by atoms with E-state index in [0.29, 0.717) is 19.0 Å². The summed E-state index contributed by atoms with van der Waals surface area (Å²) in [6.07, 6.45) is 0.908. The summed E-state index contributed by atoms with van der Waals surface area (Å²) < 4.78 is 4.82. The highest BCUT2D eigenvalue weighted by Gasteiger charge is 2.36. The molecule has 2 unspecified atom stereocenters.